The van der Waals surface area contributed by atoms with Crippen LogP contribution >= 0.6 is 0 Å². The first-order chi connectivity index (χ1) is 12.6. The topological polar surface area (TPSA) is 9.23 Å². The largest absolute Gasteiger partial charge is 0.490 e. The molecule has 0 N–H and O–H groups in total. The SMILES string of the molecule is C[C@]12CC[C@H]3[C@@H](CC[C@H]4CCCC[C@@]43C)[C@@H]1C[C@H](Oc1ccccc1)C2. The molecule has 4 fully saturated rings. The molecule has 0 unspecified atom stereocenters. The molecule has 142 valence electrons. The maximum absolute atomic E-state index is 6.44. The third kappa shape index (κ3) is 2.64. The van der Waals surface area contributed by atoms with Crippen LogP contribution in [-0.2, 0) is 0 Å². The first-order valence-electron chi connectivity index (χ1n) is 11.3. The number of benzene rings is 1. The molecule has 4 saturated carbocycles. The molecule has 1 nitrogen and oxygen atoms in total. The van der Waals surface area contributed by atoms with Gasteiger partial charge in [0.1, 0.15) is 5.75 Å². The van der Waals surface area contributed by atoms with Gasteiger partial charge in [-0.25, -0.2) is 0 Å². The summed E-state index contributed by atoms with van der Waals surface area (Å²) in [7, 11) is 0. The van der Waals surface area contributed by atoms with Gasteiger partial charge in [0.25, 0.3) is 0 Å². The molecule has 5 rings (SSSR count). The lowest BCUT2D eigenvalue weighted by Crippen LogP contribution is -2.51. The predicted octanol–water partition coefficient (Wildman–Crippen LogP) is 6.87. The highest BCUT2D eigenvalue weighted by Crippen LogP contribution is 2.66. The molecule has 26 heavy (non-hydrogen) atoms. The molecule has 0 aromatic heterocycles. The van der Waals surface area contributed by atoms with E-state index in [-0.39, 0.29) is 0 Å². The number of para-hydroxylation sites is 1. The van der Waals surface area contributed by atoms with Crippen LogP contribution in [-0.4, -0.2) is 6.10 Å². The van der Waals surface area contributed by atoms with Crippen LogP contribution in [0, 0.1) is 34.5 Å². The van der Waals surface area contributed by atoms with Crippen molar-refractivity contribution in [3.05, 3.63) is 30.3 Å². The predicted molar refractivity (Wildman–Crippen MR) is 107 cm³/mol. The van der Waals surface area contributed by atoms with Gasteiger partial charge in [0, 0.05) is 0 Å². The van der Waals surface area contributed by atoms with Crippen molar-refractivity contribution in [3.63, 3.8) is 0 Å². The fraction of sp³-hybridized carbons (Fsp3) is 0.760. The molecule has 0 spiro atoms. The van der Waals surface area contributed by atoms with Gasteiger partial charge in [-0.1, -0.05) is 44.9 Å². The molecular formula is C25H36O. The van der Waals surface area contributed by atoms with Gasteiger partial charge >= 0.3 is 0 Å². The van der Waals surface area contributed by atoms with E-state index in [1.165, 1.54) is 64.2 Å². The highest BCUT2D eigenvalue weighted by Gasteiger charge is 2.58. The molecule has 0 saturated heterocycles. The molecule has 4 aliphatic carbocycles. The van der Waals surface area contributed by atoms with Crippen LogP contribution < -0.4 is 4.74 Å². The third-order valence-corrected chi connectivity index (χ3v) is 9.36. The summed E-state index contributed by atoms with van der Waals surface area (Å²) in [5, 5.41) is 0. The summed E-state index contributed by atoms with van der Waals surface area (Å²) in [4.78, 5) is 0. The zero-order valence-electron chi connectivity index (χ0n) is 16.8. The van der Waals surface area contributed by atoms with E-state index in [0.717, 1.165) is 29.4 Å². The fourth-order valence-corrected chi connectivity index (χ4v) is 8.07. The highest BCUT2D eigenvalue weighted by atomic mass is 16.5. The minimum Gasteiger partial charge on any atom is -0.490 e. The summed E-state index contributed by atoms with van der Waals surface area (Å²) in [6.07, 6.45) is 14.9. The lowest BCUT2D eigenvalue weighted by molar-refractivity contribution is -0.103. The number of ether oxygens (including phenoxy) is 1. The quantitative estimate of drug-likeness (QED) is 0.564. The molecule has 7 atom stereocenters. The van der Waals surface area contributed by atoms with Crippen LogP contribution in [0.15, 0.2) is 30.3 Å². The maximum Gasteiger partial charge on any atom is 0.119 e. The first-order valence-corrected chi connectivity index (χ1v) is 11.3. The molecular weight excluding hydrogens is 316 g/mol. The van der Waals surface area contributed by atoms with E-state index in [2.05, 4.69) is 44.2 Å². The number of rotatable bonds is 2. The van der Waals surface area contributed by atoms with Gasteiger partial charge in [-0.2, -0.15) is 0 Å². The standard InChI is InChI=1S/C25H36O/c1-24-15-13-22-21(12-11-18-8-6-7-14-25(18,22)2)23(24)16-20(17-24)26-19-9-4-3-5-10-19/h3-5,9-10,18,20-23H,6-8,11-17H2,1-2H3/t18-,20+,21-,22+,23+,24-,25+/m1/s1. The Kier molecular flexibility index (Phi) is 4.14. The van der Waals surface area contributed by atoms with Crippen molar-refractivity contribution in [2.45, 2.75) is 84.2 Å². The zero-order chi connectivity index (χ0) is 17.8. The molecule has 0 amide bonds. The van der Waals surface area contributed by atoms with E-state index in [9.17, 15) is 0 Å². The van der Waals surface area contributed by atoms with Crippen molar-refractivity contribution in [2.24, 2.45) is 34.5 Å². The summed E-state index contributed by atoms with van der Waals surface area (Å²) in [5.41, 5.74) is 1.18. The Morgan fingerprint density at radius 2 is 1.73 bits per heavy atom. The Morgan fingerprint density at radius 1 is 0.885 bits per heavy atom. The highest BCUT2D eigenvalue weighted by molar-refractivity contribution is 5.22. The lowest BCUT2D eigenvalue weighted by atomic mass is 9.45. The Bertz CT molecular complexity index is 639. The van der Waals surface area contributed by atoms with Crippen LogP contribution in [0.3, 0.4) is 0 Å². The van der Waals surface area contributed by atoms with Crippen molar-refractivity contribution >= 4 is 0 Å². The number of fused-ring (bicyclic) bond motifs is 5. The maximum atomic E-state index is 6.44. The summed E-state index contributed by atoms with van der Waals surface area (Å²) in [6, 6.07) is 10.5. The van der Waals surface area contributed by atoms with Crippen molar-refractivity contribution in [1.82, 2.24) is 0 Å². The molecule has 0 bridgehead atoms. The van der Waals surface area contributed by atoms with Crippen molar-refractivity contribution < 1.29 is 4.74 Å². The Hall–Kier alpha value is -0.980. The smallest absolute Gasteiger partial charge is 0.119 e. The van der Waals surface area contributed by atoms with Crippen LogP contribution in [0.4, 0.5) is 0 Å². The minimum absolute atomic E-state index is 0.433. The van der Waals surface area contributed by atoms with Gasteiger partial charge in [0.2, 0.25) is 0 Å². The van der Waals surface area contributed by atoms with Gasteiger partial charge in [0.15, 0.2) is 0 Å². The van der Waals surface area contributed by atoms with E-state index in [4.69, 9.17) is 4.74 Å². The summed E-state index contributed by atoms with van der Waals surface area (Å²) in [6.45, 7) is 5.28. The Morgan fingerprint density at radius 3 is 2.58 bits per heavy atom. The van der Waals surface area contributed by atoms with E-state index in [1.807, 2.05) is 0 Å². The molecule has 1 aromatic rings. The minimum atomic E-state index is 0.433. The van der Waals surface area contributed by atoms with Crippen LogP contribution in [0.2, 0.25) is 0 Å². The first kappa shape index (κ1) is 17.1. The van der Waals surface area contributed by atoms with Gasteiger partial charge < -0.3 is 4.74 Å². The second kappa shape index (κ2) is 6.28. The van der Waals surface area contributed by atoms with Gasteiger partial charge in [-0.05, 0) is 98.0 Å². The van der Waals surface area contributed by atoms with Gasteiger partial charge in [0.05, 0.1) is 6.10 Å². The molecule has 0 heterocycles. The molecule has 1 heteroatoms. The molecule has 0 aliphatic heterocycles. The molecule has 1 aromatic carbocycles. The van der Waals surface area contributed by atoms with Crippen LogP contribution in [0.25, 0.3) is 0 Å². The van der Waals surface area contributed by atoms with E-state index >= 15 is 0 Å². The Balaban J connectivity index is 1.36. The second-order valence-electron chi connectivity index (χ2n) is 10.6. The molecule has 4 aliphatic rings. The van der Waals surface area contributed by atoms with Crippen molar-refractivity contribution in [2.75, 3.05) is 0 Å². The summed E-state index contributed by atoms with van der Waals surface area (Å²) in [5.74, 6) is 4.96. The van der Waals surface area contributed by atoms with Crippen molar-refractivity contribution in [1.29, 1.82) is 0 Å². The lowest BCUT2D eigenvalue weighted by Gasteiger charge is -2.59. The number of hydrogen-bond acceptors (Lipinski definition) is 1. The van der Waals surface area contributed by atoms with Crippen LogP contribution in [0.5, 0.6) is 5.75 Å². The monoisotopic (exact) mass is 352 g/mol. The van der Waals surface area contributed by atoms with E-state index in [0.29, 0.717) is 16.9 Å². The average Bonchev–Trinajstić information content (AvgIpc) is 2.98. The van der Waals surface area contributed by atoms with Gasteiger partial charge in [-0.3, -0.25) is 0 Å². The van der Waals surface area contributed by atoms with E-state index < -0.39 is 0 Å². The fourth-order valence-electron chi connectivity index (χ4n) is 8.07. The number of hydrogen-bond donors (Lipinski definition) is 0. The Labute approximate surface area is 159 Å². The zero-order valence-corrected chi connectivity index (χ0v) is 16.8. The van der Waals surface area contributed by atoms with E-state index in [1.54, 1.807) is 0 Å². The van der Waals surface area contributed by atoms with Crippen LogP contribution in [0.1, 0.15) is 78.1 Å². The third-order valence-electron chi connectivity index (χ3n) is 9.36. The second-order valence-corrected chi connectivity index (χ2v) is 10.6. The van der Waals surface area contributed by atoms with Gasteiger partial charge in [-0.15, -0.1) is 0 Å². The summed E-state index contributed by atoms with van der Waals surface area (Å²) >= 11 is 0. The average molecular weight is 353 g/mol. The molecule has 0 radical (unpaired) electrons. The van der Waals surface area contributed by atoms with Crippen molar-refractivity contribution in [3.8, 4) is 5.75 Å². The normalized spacial score (nSPS) is 47.5. The summed E-state index contributed by atoms with van der Waals surface area (Å²) < 4.78 is 6.44.